The van der Waals surface area contributed by atoms with Gasteiger partial charge in [0.2, 0.25) is 6.29 Å². The predicted octanol–water partition coefficient (Wildman–Crippen LogP) is -1.73. The normalized spacial score (nSPS) is 53.6. The van der Waals surface area contributed by atoms with Gasteiger partial charge in [0.05, 0.1) is 50.5 Å². The Balaban J connectivity index is 1.06. The maximum absolute atomic E-state index is 14.8. The van der Waals surface area contributed by atoms with Crippen LogP contribution in [0.3, 0.4) is 0 Å². The maximum Gasteiger partial charge on any atom is 0.315 e. The van der Waals surface area contributed by atoms with Gasteiger partial charge in [0.15, 0.2) is 12.6 Å². The Morgan fingerprint density at radius 2 is 1.17 bits per heavy atom. The molecule has 8 rings (SSSR count). The number of carbonyl (C=O) groups is 2. The van der Waals surface area contributed by atoms with E-state index in [1.54, 1.807) is 0 Å². The van der Waals surface area contributed by atoms with Crippen molar-refractivity contribution >= 4 is 11.9 Å². The smallest absolute Gasteiger partial charge is 0.315 e. The highest BCUT2D eigenvalue weighted by molar-refractivity contribution is 5.81. The third-order valence-corrected chi connectivity index (χ3v) is 19.9. The second-order valence-corrected chi connectivity index (χ2v) is 23.2. The zero-order valence-corrected chi connectivity index (χ0v) is 41.0. The first-order valence-electron chi connectivity index (χ1n) is 25.1. The van der Waals surface area contributed by atoms with Crippen LogP contribution in [0.25, 0.3) is 0 Å². The molecule has 21 heteroatoms. The number of hydrogen-bond donors (Lipinski definition) is 12. The van der Waals surface area contributed by atoms with E-state index in [1.165, 1.54) is 7.11 Å². The molecule has 7 fully saturated rings. The Labute approximate surface area is 407 Å². The predicted molar refractivity (Wildman–Crippen MR) is 238 cm³/mol. The summed E-state index contributed by atoms with van der Waals surface area (Å²) in [6.45, 7) is 8.19. The third kappa shape index (κ3) is 8.24. The summed E-state index contributed by atoms with van der Waals surface area (Å²) in [5, 5.41) is 127. The van der Waals surface area contributed by atoms with Crippen LogP contribution in [0.1, 0.15) is 98.8 Å². The highest BCUT2D eigenvalue weighted by atomic mass is 16.7. The van der Waals surface area contributed by atoms with Crippen LogP contribution < -0.4 is 0 Å². The number of rotatable bonds is 11. The SMILES string of the molecule is COC(=O)[C@]1(C)CC[C@]2(C(=O)O[C@@H]3O[C@H](CO)[C@@H](O)[C@H](O)[C@H]3O)CC[C@]3(C)C(=CC[C@@H]4[C@@]5(C)CC[C@H](O[C@@H]6O[C@H](CO)[C@@H](O)[C@H](O[C@@H]7O[C@H](CO)[C@H](O)[C@H](O)[C@H]7O)[C@H]6O)[C@@](C)(CO)[C@@H]5CC[C@]43C)[C@@H]2C1. The van der Waals surface area contributed by atoms with E-state index in [0.29, 0.717) is 51.4 Å². The second kappa shape index (κ2) is 19.6. The van der Waals surface area contributed by atoms with Crippen LogP contribution in [0.2, 0.25) is 0 Å². The molecule has 3 aliphatic heterocycles. The number of esters is 2. The summed E-state index contributed by atoms with van der Waals surface area (Å²) in [5.41, 5.74) is -3.19. The Hall–Kier alpha value is -2.00. The molecule has 0 aromatic rings. The standard InChI is InChI=1S/C49H78O21/c1-44(42(62)64-6)13-15-49(43(63)70-40-36(60)34(58)31(55)25(19-51)66-40)16-14-47(4)22(23(49)17-44)7-8-28-45(2)11-10-29(46(3,21-53)27(45)9-12-48(28,47)5)68-41-37(61)38(32(56)26(20-52)67-41)69-39-35(59)33(57)30(54)24(18-50)65-39/h7,23-41,50-61H,8-21H2,1-6H3/t23-,24+,25+,26+,27+,28+,29-,30-,31+,32+,33-,34-,35+,36+,37+,38-,39-,40-,41-,44+,45-,46-,47+,48+,49-/m0/s1. The Morgan fingerprint density at radius 3 is 1.76 bits per heavy atom. The lowest BCUT2D eigenvalue weighted by Crippen LogP contribution is -2.67. The average Bonchev–Trinajstić information content (AvgIpc) is 3.34. The van der Waals surface area contributed by atoms with Gasteiger partial charge in [0.25, 0.3) is 0 Å². The maximum atomic E-state index is 14.8. The third-order valence-electron chi connectivity index (χ3n) is 19.9. The van der Waals surface area contributed by atoms with E-state index in [2.05, 4.69) is 26.8 Å². The quantitative estimate of drug-likeness (QED) is 0.0621. The van der Waals surface area contributed by atoms with Crippen molar-refractivity contribution in [1.29, 1.82) is 0 Å². The summed E-state index contributed by atoms with van der Waals surface area (Å²) < 4.78 is 40.8. The molecule has 25 atom stereocenters. The number of aliphatic hydroxyl groups excluding tert-OH is 12. The summed E-state index contributed by atoms with van der Waals surface area (Å²) in [6.07, 6.45) is -18.0. The van der Waals surface area contributed by atoms with Gasteiger partial charge in [-0.1, -0.05) is 39.3 Å². The van der Waals surface area contributed by atoms with Crippen LogP contribution in [0, 0.1) is 50.2 Å². The van der Waals surface area contributed by atoms with Crippen molar-refractivity contribution in [2.24, 2.45) is 50.2 Å². The fraction of sp³-hybridized carbons (Fsp3) is 0.918. The largest absolute Gasteiger partial charge is 0.469 e. The zero-order valence-electron chi connectivity index (χ0n) is 41.0. The van der Waals surface area contributed by atoms with Gasteiger partial charge < -0.3 is 94.4 Å². The number of methoxy groups -OCH3 is 1. The van der Waals surface area contributed by atoms with Crippen LogP contribution in [0.5, 0.6) is 0 Å². The van der Waals surface area contributed by atoms with Crippen molar-refractivity contribution in [2.45, 2.75) is 197 Å². The minimum atomic E-state index is -1.84. The number of allylic oxidation sites excluding steroid dienone is 2. The van der Waals surface area contributed by atoms with Gasteiger partial charge in [0.1, 0.15) is 73.2 Å². The number of carbonyl (C=O) groups excluding carboxylic acids is 2. The summed E-state index contributed by atoms with van der Waals surface area (Å²) in [6, 6.07) is 0. The second-order valence-electron chi connectivity index (χ2n) is 23.2. The molecule has 3 saturated heterocycles. The average molecular weight is 1000 g/mol. The molecule has 0 aromatic carbocycles. The van der Waals surface area contributed by atoms with E-state index in [1.807, 2.05) is 13.8 Å². The van der Waals surface area contributed by atoms with E-state index in [4.69, 9.17) is 33.2 Å². The summed E-state index contributed by atoms with van der Waals surface area (Å²) >= 11 is 0. The fourth-order valence-corrected chi connectivity index (χ4v) is 15.3. The molecule has 4 saturated carbocycles. The molecule has 0 spiro atoms. The van der Waals surface area contributed by atoms with E-state index in [9.17, 15) is 70.9 Å². The lowest BCUT2D eigenvalue weighted by Gasteiger charge is -2.71. The molecule has 3 heterocycles. The van der Waals surface area contributed by atoms with Crippen molar-refractivity contribution in [3.63, 3.8) is 0 Å². The number of ether oxygens (including phenoxy) is 7. The molecule has 0 amide bonds. The molecule has 400 valence electrons. The first-order chi connectivity index (χ1) is 32.9. The summed E-state index contributed by atoms with van der Waals surface area (Å²) in [7, 11) is 1.35. The fourth-order valence-electron chi connectivity index (χ4n) is 15.3. The molecule has 0 bridgehead atoms. The molecular formula is C49H78O21. The van der Waals surface area contributed by atoms with Gasteiger partial charge in [-0.2, -0.15) is 0 Å². The van der Waals surface area contributed by atoms with Crippen molar-refractivity contribution in [2.75, 3.05) is 33.5 Å². The Morgan fingerprint density at radius 1 is 0.614 bits per heavy atom. The number of hydrogen-bond acceptors (Lipinski definition) is 21. The van der Waals surface area contributed by atoms with E-state index >= 15 is 0 Å². The molecular weight excluding hydrogens is 925 g/mol. The summed E-state index contributed by atoms with van der Waals surface area (Å²) in [4.78, 5) is 28.3. The molecule has 12 N–H and O–H groups in total. The molecule has 0 aromatic heterocycles. The van der Waals surface area contributed by atoms with Crippen molar-refractivity contribution in [3.05, 3.63) is 11.6 Å². The molecule has 21 nitrogen and oxygen atoms in total. The Bertz CT molecular complexity index is 1940. The van der Waals surface area contributed by atoms with E-state index in [0.717, 1.165) is 5.57 Å². The molecule has 8 aliphatic rings. The van der Waals surface area contributed by atoms with Crippen LogP contribution in [-0.4, -0.2) is 205 Å². The lowest BCUT2D eigenvalue weighted by molar-refractivity contribution is -0.370. The molecule has 70 heavy (non-hydrogen) atoms. The zero-order chi connectivity index (χ0) is 51.3. The van der Waals surface area contributed by atoms with Gasteiger partial charge in [-0.3, -0.25) is 9.59 Å². The minimum Gasteiger partial charge on any atom is -0.469 e. The van der Waals surface area contributed by atoms with E-state index in [-0.39, 0.29) is 42.1 Å². The number of fused-ring (bicyclic) bond motifs is 7. The van der Waals surface area contributed by atoms with E-state index < -0.39 is 158 Å². The summed E-state index contributed by atoms with van der Waals surface area (Å²) in [5.74, 6) is -1.61. The highest BCUT2D eigenvalue weighted by Crippen LogP contribution is 2.76. The van der Waals surface area contributed by atoms with Crippen molar-refractivity contribution < 1.29 is 104 Å². The minimum absolute atomic E-state index is 0.0604. The van der Waals surface area contributed by atoms with Crippen LogP contribution in [0.15, 0.2) is 11.6 Å². The first kappa shape index (κ1) is 54.3. The Kier molecular flexibility index (Phi) is 15.2. The molecule has 0 radical (unpaired) electrons. The van der Waals surface area contributed by atoms with Gasteiger partial charge >= 0.3 is 11.9 Å². The van der Waals surface area contributed by atoms with Gasteiger partial charge in [-0.05, 0) is 105 Å². The van der Waals surface area contributed by atoms with Crippen LogP contribution >= 0.6 is 0 Å². The molecule has 5 aliphatic carbocycles. The van der Waals surface area contributed by atoms with Crippen molar-refractivity contribution in [3.8, 4) is 0 Å². The van der Waals surface area contributed by atoms with Gasteiger partial charge in [-0.15, -0.1) is 0 Å². The number of aliphatic hydroxyl groups is 12. The first-order valence-corrected chi connectivity index (χ1v) is 25.1. The van der Waals surface area contributed by atoms with Gasteiger partial charge in [-0.25, -0.2) is 0 Å². The molecule has 0 unspecified atom stereocenters. The monoisotopic (exact) mass is 1000 g/mol. The topological polar surface area (TPSA) is 342 Å². The lowest BCUT2D eigenvalue weighted by atomic mass is 9.33. The highest BCUT2D eigenvalue weighted by Gasteiger charge is 2.71. The van der Waals surface area contributed by atoms with Crippen LogP contribution in [-0.2, 0) is 42.7 Å². The van der Waals surface area contributed by atoms with Gasteiger partial charge in [0, 0.05) is 5.41 Å². The van der Waals surface area contributed by atoms with Crippen molar-refractivity contribution in [1.82, 2.24) is 0 Å². The van der Waals surface area contributed by atoms with Crippen LogP contribution in [0.4, 0.5) is 0 Å².